The van der Waals surface area contributed by atoms with Crippen molar-refractivity contribution < 1.29 is 14.3 Å². The molecule has 0 atom stereocenters. The van der Waals surface area contributed by atoms with Gasteiger partial charge in [-0.25, -0.2) is 0 Å². The van der Waals surface area contributed by atoms with Crippen molar-refractivity contribution >= 4 is 23.4 Å². The standard InChI is InChI=1S/C20H26N2O3S/c1-4-21-14-15-7-5-6-8-17(15)22-20(23)11-12-26-16-9-10-18(24-2)19(13-16)25-3/h5-10,13,21H,4,11-12,14H2,1-3H3,(H,22,23). The first kappa shape index (κ1) is 20.1. The molecule has 0 unspecified atom stereocenters. The van der Waals surface area contributed by atoms with Gasteiger partial charge in [0.25, 0.3) is 0 Å². The zero-order chi connectivity index (χ0) is 18.8. The number of ether oxygens (including phenoxy) is 2. The number of hydrogen-bond donors (Lipinski definition) is 2. The minimum atomic E-state index is 0.0157. The molecule has 0 bridgehead atoms. The first-order chi connectivity index (χ1) is 12.7. The molecule has 1 amide bonds. The van der Waals surface area contributed by atoms with E-state index in [1.165, 1.54) is 0 Å². The molecule has 0 saturated heterocycles. The van der Waals surface area contributed by atoms with E-state index in [-0.39, 0.29) is 5.91 Å². The lowest BCUT2D eigenvalue weighted by molar-refractivity contribution is -0.115. The minimum absolute atomic E-state index is 0.0157. The van der Waals surface area contributed by atoms with Gasteiger partial charge < -0.3 is 20.1 Å². The molecular weight excluding hydrogens is 348 g/mol. The number of anilines is 1. The summed E-state index contributed by atoms with van der Waals surface area (Å²) in [5.74, 6) is 2.10. The second kappa shape index (κ2) is 10.7. The maximum absolute atomic E-state index is 12.3. The molecular formula is C20H26N2O3S. The first-order valence-corrected chi connectivity index (χ1v) is 9.59. The van der Waals surface area contributed by atoms with Crippen molar-refractivity contribution in [2.24, 2.45) is 0 Å². The molecule has 6 heteroatoms. The van der Waals surface area contributed by atoms with Crippen molar-refractivity contribution in [3.8, 4) is 11.5 Å². The Labute approximate surface area is 159 Å². The molecule has 0 heterocycles. The molecule has 2 rings (SSSR count). The van der Waals surface area contributed by atoms with E-state index in [1.807, 2.05) is 42.5 Å². The highest BCUT2D eigenvalue weighted by atomic mass is 32.2. The van der Waals surface area contributed by atoms with Gasteiger partial charge in [0.05, 0.1) is 14.2 Å². The molecule has 0 aliphatic rings. The summed E-state index contributed by atoms with van der Waals surface area (Å²) in [5.41, 5.74) is 1.96. The lowest BCUT2D eigenvalue weighted by Crippen LogP contribution is -2.17. The van der Waals surface area contributed by atoms with Crippen LogP contribution in [0.25, 0.3) is 0 Å². The summed E-state index contributed by atoms with van der Waals surface area (Å²) >= 11 is 1.62. The molecule has 140 valence electrons. The molecule has 0 spiro atoms. The van der Waals surface area contributed by atoms with Crippen LogP contribution in [0.15, 0.2) is 47.4 Å². The van der Waals surface area contributed by atoms with E-state index in [0.717, 1.165) is 29.2 Å². The van der Waals surface area contributed by atoms with Gasteiger partial charge in [-0.3, -0.25) is 4.79 Å². The van der Waals surface area contributed by atoms with E-state index in [0.29, 0.717) is 23.7 Å². The fraction of sp³-hybridized carbons (Fsp3) is 0.350. The Bertz CT molecular complexity index is 722. The number of thioether (sulfide) groups is 1. The van der Waals surface area contributed by atoms with Gasteiger partial charge in [-0.05, 0) is 36.4 Å². The van der Waals surface area contributed by atoms with Crippen LogP contribution in [-0.4, -0.2) is 32.4 Å². The van der Waals surface area contributed by atoms with Gasteiger partial charge in [-0.15, -0.1) is 11.8 Å². The average molecular weight is 375 g/mol. The molecule has 2 N–H and O–H groups in total. The van der Waals surface area contributed by atoms with Gasteiger partial charge in [-0.2, -0.15) is 0 Å². The Morgan fingerprint density at radius 3 is 2.58 bits per heavy atom. The van der Waals surface area contributed by atoms with Crippen LogP contribution in [0.3, 0.4) is 0 Å². The van der Waals surface area contributed by atoms with Crippen LogP contribution in [-0.2, 0) is 11.3 Å². The summed E-state index contributed by atoms with van der Waals surface area (Å²) in [5, 5.41) is 6.30. The van der Waals surface area contributed by atoms with Crippen LogP contribution < -0.4 is 20.1 Å². The molecule has 0 aliphatic carbocycles. The number of benzene rings is 2. The van der Waals surface area contributed by atoms with E-state index in [2.05, 4.69) is 17.6 Å². The Balaban J connectivity index is 1.86. The van der Waals surface area contributed by atoms with Gasteiger partial charge >= 0.3 is 0 Å². The van der Waals surface area contributed by atoms with Crippen molar-refractivity contribution in [2.45, 2.75) is 24.8 Å². The molecule has 0 aromatic heterocycles. The average Bonchev–Trinajstić information content (AvgIpc) is 2.67. The molecule has 2 aromatic rings. The van der Waals surface area contributed by atoms with E-state index >= 15 is 0 Å². The van der Waals surface area contributed by atoms with E-state index < -0.39 is 0 Å². The van der Waals surface area contributed by atoms with Crippen LogP contribution in [0.4, 0.5) is 5.69 Å². The zero-order valence-corrected chi connectivity index (χ0v) is 16.3. The molecule has 0 radical (unpaired) electrons. The zero-order valence-electron chi connectivity index (χ0n) is 15.5. The van der Waals surface area contributed by atoms with Gasteiger partial charge in [0.15, 0.2) is 11.5 Å². The molecule has 0 fully saturated rings. The summed E-state index contributed by atoms with van der Waals surface area (Å²) in [6, 6.07) is 13.6. The fourth-order valence-corrected chi connectivity index (χ4v) is 3.31. The molecule has 5 nitrogen and oxygen atoms in total. The Kier molecular flexibility index (Phi) is 8.31. The fourth-order valence-electron chi connectivity index (χ4n) is 2.44. The van der Waals surface area contributed by atoms with Gasteiger partial charge in [0.2, 0.25) is 5.91 Å². The summed E-state index contributed by atoms with van der Waals surface area (Å²) in [4.78, 5) is 13.3. The molecule has 2 aromatic carbocycles. The van der Waals surface area contributed by atoms with Crippen molar-refractivity contribution in [3.63, 3.8) is 0 Å². The van der Waals surface area contributed by atoms with Gasteiger partial charge in [0.1, 0.15) is 0 Å². The number of para-hydroxylation sites is 1. The molecule has 0 aliphatic heterocycles. The number of methoxy groups -OCH3 is 2. The lowest BCUT2D eigenvalue weighted by Gasteiger charge is -2.12. The number of carbonyl (C=O) groups is 1. The van der Waals surface area contributed by atoms with E-state index in [9.17, 15) is 4.79 Å². The SMILES string of the molecule is CCNCc1ccccc1NC(=O)CCSc1ccc(OC)c(OC)c1. The summed E-state index contributed by atoms with van der Waals surface area (Å²) < 4.78 is 10.5. The van der Waals surface area contributed by atoms with Gasteiger partial charge in [-0.1, -0.05) is 25.1 Å². The second-order valence-corrected chi connectivity index (χ2v) is 6.77. The van der Waals surface area contributed by atoms with Crippen LogP contribution in [0.2, 0.25) is 0 Å². The first-order valence-electron chi connectivity index (χ1n) is 8.61. The maximum Gasteiger partial charge on any atom is 0.225 e. The summed E-state index contributed by atoms with van der Waals surface area (Å²) in [6.07, 6.45) is 0.439. The smallest absolute Gasteiger partial charge is 0.225 e. The minimum Gasteiger partial charge on any atom is -0.493 e. The molecule has 26 heavy (non-hydrogen) atoms. The number of carbonyl (C=O) groups excluding carboxylic acids is 1. The van der Waals surface area contributed by atoms with E-state index in [4.69, 9.17) is 9.47 Å². The number of rotatable bonds is 10. The third-order valence-corrected chi connectivity index (χ3v) is 4.81. The summed E-state index contributed by atoms with van der Waals surface area (Å²) in [6.45, 7) is 3.70. The number of hydrogen-bond acceptors (Lipinski definition) is 5. The highest BCUT2D eigenvalue weighted by molar-refractivity contribution is 7.99. The Morgan fingerprint density at radius 2 is 1.85 bits per heavy atom. The number of nitrogens with one attached hydrogen (secondary N) is 2. The highest BCUT2D eigenvalue weighted by Gasteiger charge is 2.08. The predicted octanol–water partition coefficient (Wildman–Crippen LogP) is 3.93. The Morgan fingerprint density at radius 1 is 1.08 bits per heavy atom. The lowest BCUT2D eigenvalue weighted by atomic mass is 10.1. The largest absolute Gasteiger partial charge is 0.493 e. The van der Waals surface area contributed by atoms with Crippen LogP contribution >= 0.6 is 11.8 Å². The monoisotopic (exact) mass is 374 g/mol. The van der Waals surface area contributed by atoms with Crippen LogP contribution in [0.5, 0.6) is 11.5 Å². The third kappa shape index (κ3) is 5.97. The normalized spacial score (nSPS) is 10.4. The maximum atomic E-state index is 12.3. The van der Waals surface area contributed by atoms with Crippen molar-refractivity contribution in [2.75, 3.05) is 31.8 Å². The number of amides is 1. The predicted molar refractivity (Wildman–Crippen MR) is 107 cm³/mol. The van der Waals surface area contributed by atoms with E-state index in [1.54, 1.807) is 26.0 Å². The topological polar surface area (TPSA) is 59.6 Å². The van der Waals surface area contributed by atoms with Crippen LogP contribution in [0, 0.1) is 0 Å². The van der Waals surface area contributed by atoms with Gasteiger partial charge in [0, 0.05) is 29.3 Å². The molecule has 0 saturated carbocycles. The van der Waals surface area contributed by atoms with Crippen LogP contribution in [0.1, 0.15) is 18.9 Å². The Hall–Kier alpha value is -2.18. The summed E-state index contributed by atoms with van der Waals surface area (Å²) in [7, 11) is 3.23. The third-order valence-electron chi connectivity index (χ3n) is 3.81. The quantitative estimate of drug-likeness (QED) is 0.617. The second-order valence-electron chi connectivity index (χ2n) is 5.60. The highest BCUT2D eigenvalue weighted by Crippen LogP contribution is 2.32. The van der Waals surface area contributed by atoms with Crippen molar-refractivity contribution in [1.29, 1.82) is 0 Å². The van der Waals surface area contributed by atoms with Crippen molar-refractivity contribution in [1.82, 2.24) is 5.32 Å². The van der Waals surface area contributed by atoms with Crippen molar-refractivity contribution in [3.05, 3.63) is 48.0 Å².